The molecule has 0 spiro atoms. The van der Waals surface area contributed by atoms with Gasteiger partial charge in [-0.2, -0.15) is 0 Å². The van der Waals surface area contributed by atoms with Gasteiger partial charge in [-0.1, -0.05) is 47.6 Å². The minimum absolute atomic E-state index is 0.173. The zero-order valence-corrected chi connectivity index (χ0v) is 15.3. The first-order chi connectivity index (χ1) is 11.7. The summed E-state index contributed by atoms with van der Waals surface area (Å²) in [5.74, 6) is 0.599. The van der Waals surface area contributed by atoms with Crippen molar-refractivity contribution in [2.45, 2.75) is 17.3 Å². The average molecular weight is 375 g/mol. The van der Waals surface area contributed by atoms with Crippen LogP contribution in [-0.2, 0) is 17.8 Å². The summed E-state index contributed by atoms with van der Waals surface area (Å²) in [6.07, 6.45) is 0.937. The van der Waals surface area contributed by atoms with E-state index in [-0.39, 0.29) is 5.91 Å². The third kappa shape index (κ3) is 3.29. The van der Waals surface area contributed by atoms with Crippen molar-refractivity contribution in [3.05, 3.63) is 58.6 Å². The summed E-state index contributed by atoms with van der Waals surface area (Å²) in [6.45, 7) is 1.51. The fraction of sp³-hybridized carbons (Fsp3) is 0.222. The Balaban J connectivity index is 1.41. The summed E-state index contributed by atoms with van der Waals surface area (Å²) in [7, 11) is 0. The van der Waals surface area contributed by atoms with Crippen molar-refractivity contribution >= 4 is 50.8 Å². The van der Waals surface area contributed by atoms with Gasteiger partial charge < -0.3 is 4.90 Å². The summed E-state index contributed by atoms with van der Waals surface area (Å²) in [5.41, 5.74) is 3.52. The average Bonchev–Trinajstić information content (AvgIpc) is 3.01. The maximum Gasteiger partial charge on any atom is 0.233 e. The number of hydrogen-bond donors (Lipinski definition) is 0. The molecule has 0 aliphatic carbocycles. The molecule has 4 rings (SSSR count). The second kappa shape index (κ2) is 6.75. The summed E-state index contributed by atoms with van der Waals surface area (Å²) >= 11 is 9.11. The number of nitrogens with zero attached hydrogens (tertiary/aromatic N) is 2. The van der Waals surface area contributed by atoms with Gasteiger partial charge in [-0.05, 0) is 35.7 Å². The minimum Gasteiger partial charge on any atom is -0.337 e. The smallest absolute Gasteiger partial charge is 0.233 e. The number of hydrogen-bond acceptors (Lipinski definition) is 4. The van der Waals surface area contributed by atoms with Gasteiger partial charge in [0.1, 0.15) is 0 Å². The number of carbonyl (C=O) groups is 1. The van der Waals surface area contributed by atoms with E-state index in [1.54, 1.807) is 11.3 Å². The maximum atomic E-state index is 12.5. The van der Waals surface area contributed by atoms with Crippen LogP contribution < -0.4 is 0 Å². The molecule has 3 aromatic rings. The van der Waals surface area contributed by atoms with Crippen LogP contribution in [-0.4, -0.2) is 28.1 Å². The number of rotatable bonds is 3. The van der Waals surface area contributed by atoms with E-state index in [1.807, 2.05) is 29.2 Å². The van der Waals surface area contributed by atoms with Crippen LogP contribution in [0.3, 0.4) is 0 Å². The van der Waals surface area contributed by atoms with Crippen LogP contribution in [0.15, 0.2) is 46.8 Å². The van der Waals surface area contributed by atoms with E-state index < -0.39 is 0 Å². The van der Waals surface area contributed by atoms with E-state index in [2.05, 4.69) is 23.2 Å². The zero-order valence-electron chi connectivity index (χ0n) is 12.9. The van der Waals surface area contributed by atoms with Crippen molar-refractivity contribution in [2.75, 3.05) is 12.3 Å². The normalized spacial score (nSPS) is 14.0. The number of benzene rings is 2. The molecule has 0 unspecified atom stereocenters. The standard InChI is InChI=1S/C18H15ClN2OS2/c19-14-5-6-16-15(9-14)20-18(24-16)23-11-17(22)21-8-7-12-3-1-2-4-13(12)10-21/h1-6,9H,7-8,10-11H2. The van der Waals surface area contributed by atoms with E-state index in [0.29, 0.717) is 17.3 Å². The molecule has 6 heteroatoms. The Morgan fingerprint density at radius 3 is 2.96 bits per heavy atom. The van der Waals surface area contributed by atoms with E-state index in [9.17, 15) is 4.79 Å². The van der Waals surface area contributed by atoms with Crippen LogP contribution in [0.25, 0.3) is 10.2 Å². The van der Waals surface area contributed by atoms with E-state index in [4.69, 9.17) is 11.6 Å². The molecule has 1 aliphatic heterocycles. The van der Waals surface area contributed by atoms with Gasteiger partial charge in [0, 0.05) is 18.1 Å². The maximum absolute atomic E-state index is 12.5. The Morgan fingerprint density at radius 2 is 2.08 bits per heavy atom. The molecule has 122 valence electrons. The van der Waals surface area contributed by atoms with E-state index in [1.165, 1.54) is 22.9 Å². The minimum atomic E-state index is 0.173. The zero-order chi connectivity index (χ0) is 16.5. The quantitative estimate of drug-likeness (QED) is 0.627. The number of thiazole rings is 1. The first-order valence-electron chi connectivity index (χ1n) is 7.72. The van der Waals surface area contributed by atoms with Gasteiger partial charge in [-0.25, -0.2) is 4.98 Å². The Morgan fingerprint density at radius 1 is 1.25 bits per heavy atom. The molecular weight excluding hydrogens is 360 g/mol. The molecule has 1 amide bonds. The molecule has 3 nitrogen and oxygen atoms in total. The Bertz CT molecular complexity index is 909. The lowest BCUT2D eigenvalue weighted by molar-refractivity contribution is -0.129. The Hall–Kier alpha value is -1.56. The van der Waals surface area contributed by atoms with Gasteiger partial charge in [0.05, 0.1) is 16.0 Å². The van der Waals surface area contributed by atoms with Crippen LogP contribution in [0.5, 0.6) is 0 Å². The summed E-state index contributed by atoms with van der Waals surface area (Å²) < 4.78 is 2.01. The molecule has 0 saturated carbocycles. The lowest BCUT2D eigenvalue weighted by Gasteiger charge is -2.28. The highest BCUT2D eigenvalue weighted by molar-refractivity contribution is 8.01. The molecular formula is C18H15ClN2OS2. The molecule has 2 heterocycles. The van der Waals surface area contributed by atoms with Crippen molar-refractivity contribution in [2.24, 2.45) is 0 Å². The largest absolute Gasteiger partial charge is 0.337 e. The number of fused-ring (bicyclic) bond motifs is 2. The van der Waals surface area contributed by atoms with Gasteiger partial charge in [-0.3, -0.25) is 4.79 Å². The van der Waals surface area contributed by atoms with Crippen LogP contribution in [0.1, 0.15) is 11.1 Å². The predicted octanol–water partition coefficient (Wildman–Crippen LogP) is 4.63. The fourth-order valence-electron chi connectivity index (χ4n) is 2.86. The van der Waals surface area contributed by atoms with Gasteiger partial charge in [0.15, 0.2) is 4.34 Å². The second-order valence-corrected chi connectivity index (χ2v) is 8.40. The molecule has 0 N–H and O–H groups in total. The van der Waals surface area contributed by atoms with Crippen molar-refractivity contribution in [3.63, 3.8) is 0 Å². The first kappa shape index (κ1) is 15.9. The van der Waals surface area contributed by atoms with E-state index >= 15 is 0 Å². The van der Waals surface area contributed by atoms with Gasteiger partial charge in [0.2, 0.25) is 5.91 Å². The summed E-state index contributed by atoms with van der Waals surface area (Å²) in [5, 5.41) is 0.687. The molecule has 0 atom stereocenters. The van der Waals surface area contributed by atoms with Crippen LogP contribution in [0, 0.1) is 0 Å². The molecule has 1 aromatic heterocycles. The van der Waals surface area contributed by atoms with Gasteiger partial charge >= 0.3 is 0 Å². The predicted molar refractivity (Wildman–Crippen MR) is 101 cm³/mol. The molecule has 0 radical (unpaired) electrons. The van der Waals surface area contributed by atoms with Crippen molar-refractivity contribution in [1.29, 1.82) is 0 Å². The van der Waals surface area contributed by atoms with Crippen LogP contribution in [0.2, 0.25) is 5.02 Å². The monoisotopic (exact) mass is 374 g/mol. The first-order valence-corrected chi connectivity index (χ1v) is 9.90. The molecule has 24 heavy (non-hydrogen) atoms. The Labute approximate surface area is 153 Å². The lowest BCUT2D eigenvalue weighted by atomic mass is 10.00. The third-order valence-corrected chi connectivity index (χ3v) is 6.53. The molecule has 0 fully saturated rings. The highest BCUT2D eigenvalue weighted by Gasteiger charge is 2.20. The third-order valence-electron chi connectivity index (χ3n) is 4.13. The van der Waals surface area contributed by atoms with Crippen molar-refractivity contribution < 1.29 is 4.79 Å². The van der Waals surface area contributed by atoms with Crippen LogP contribution in [0.4, 0.5) is 0 Å². The van der Waals surface area contributed by atoms with Crippen molar-refractivity contribution in [1.82, 2.24) is 9.88 Å². The molecule has 0 bridgehead atoms. The van der Waals surface area contributed by atoms with Crippen molar-refractivity contribution in [3.8, 4) is 0 Å². The van der Waals surface area contributed by atoms with Gasteiger partial charge in [-0.15, -0.1) is 11.3 Å². The van der Waals surface area contributed by atoms with Crippen LogP contribution >= 0.6 is 34.7 Å². The molecule has 0 saturated heterocycles. The number of carbonyl (C=O) groups excluding carboxylic acids is 1. The van der Waals surface area contributed by atoms with E-state index in [0.717, 1.165) is 27.5 Å². The summed E-state index contributed by atoms with van der Waals surface area (Å²) in [4.78, 5) is 19.0. The number of amides is 1. The summed E-state index contributed by atoms with van der Waals surface area (Å²) in [6, 6.07) is 14.1. The topological polar surface area (TPSA) is 33.2 Å². The number of aromatic nitrogens is 1. The molecule has 1 aliphatic rings. The SMILES string of the molecule is O=C(CSc1nc2cc(Cl)ccc2s1)N1CCc2ccccc2C1. The highest BCUT2D eigenvalue weighted by atomic mass is 35.5. The lowest BCUT2D eigenvalue weighted by Crippen LogP contribution is -2.37. The second-order valence-electron chi connectivity index (χ2n) is 5.71. The van der Waals surface area contributed by atoms with Gasteiger partial charge in [0.25, 0.3) is 0 Å². The highest BCUT2D eigenvalue weighted by Crippen LogP contribution is 2.31. The number of thioether (sulfide) groups is 1. The fourth-order valence-corrected chi connectivity index (χ4v) is 4.98. The molecule has 2 aromatic carbocycles. The number of halogens is 1. The Kier molecular flexibility index (Phi) is 4.48.